The summed E-state index contributed by atoms with van der Waals surface area (Å²) in [5.41, 5.74) is -0.0189. The number of Topliss-reactive ketones (excluding diaryl/α,β-unsaturated/α-hetero) is 1. The van der Waals surface area contributed by atoms with Crippen molar-refractivity contribution >= 4 is 35.1 Å². The van der Waals surface area contributed by atoms with Gasteiger partial charge < -0.3 is 4.90 Å². The number of imide groups is 1. The van der Waals surface area contributed by atoms with Crippen LogP contribution in [0.5, 0.6) is 0 Å². The summed E-state index contributed by atoms with van der Waals surface area (Å²) in [5, 5.41) is 2.01. The number of hydrogen-bond donors (Lipinski definition) is 1. The summed E-state index contributed by atoms with van der Waals surface area (Å²) in [6.45, 7) is -0.301. The number of rotatable bonds is 6. The normalized spacial score (nSPS) is 25.2. The van der Waals surface area contributed by atoms with E-state index in [-0.39, 0.29) is 28.3 Å². The standard InChI is InChI=1S/C23H19ClF2N2O4/c24-16-5-3-15(4-6-16)23(25,26)19(29)9-2-13-1-7-17-14(11-13)12-28(22(17)32)18-8-10-20(30)27-21(18)31/h1,3-7,11,18H,2,8-10,12H2,(H,27,30,31)/i2D,10D2,18D. The zero-order valence-electron chi connectivity index (χ0n) is 20.5. The van der Waals surface area contributed by atoms with Crippen LogP contribution in [0.3, 0.4) is 0 Å². The predicted molar refractivity (Wildman–Crippen MR) is 111 cm³/mol. The van der Waals surface area contributed by atoms with Gasteiger partial charge in [0.1, 0.15) is 6.02 Å². The lowest BCUT2D eigenvalue weighted by Gasteiger charge is -2.29. The second kappa shape index (κ2) is 8.43. The number of benzene rings is 2. The van der Waals surface area contributed by atoms with Crippen LogP contribution < -0.4 is 5.32 Å². The molecule has 0 bridgehead atoms. The highest BCUT2D eigenvalue weighted by molar-refractivity contribution is 6.30. The zero-order chi connectivity index (χ0) is 26.6. The molecule has 2 unspecified atom stereocenters. The van der Waals surface area contributed by atoms with E-state index in [1.165, 1.54) is 30.3 Å². The van der Waals surface area contributed by atoms with Gasteiger partial charge in [-0.15, -0.1) is 0 Å². The third-order valence-electron chi connectivity index (χ3n) is 5.24. The largest absolute Gasteiger partial charge is 0.330 e. The Labute approximate surface area is 193 Å². The Hall–Kier alpha value is -3.13. The molecule has 0 spiro atoms. The van der Waals surface area contributed by atoms with Crippen LogP contribution in [-0.2, 0) is 33.2 Å². The van der Waals surface area contributed by atoms with E-state index in [0.717, 1.165) is 17.0 Å². The summed E-state index contributed by atoms with van der Waals surface area (Å²) >= 11 is 5.70. The number of amides is 3. The molecule has 32 heavy (non-hydrogen) atoms. The lowest BCUT2D eigenvalue weighted by molar-refractivity contribution is -0.144. The van der Waals surface area contributed by atoms with Crippen LogP contribution in [0.15, 0.2) is 42.5 Å². The second-order valence-corrected chi connectivity index (χ2v) is 7.74. The third kappa shape index (κ3) is 4.14. The minimum absolute atomic E-state index is 0.0839. The molecule has 0 radical (unpaired) electrons. The summed E-state index contributed by atoms with van der Waals surface area (Å²) in [6, 6.07) is 6.12. The SMILES string of the molecule is [2H]C(CC(=O)C(F)(F)c1ccc(Cl)cc1)c1ccc2c(c1)CN(C1([2H])CC([2H])([2H])C(=O)NC1=O)C2=O. The number of alkyl halides is 2. The van der Waals surface area contributed by atoms with Crippen LogP contribution in [-0.4, -0.2) is 34.4 Å². The van der Waals surface area contributed by atoms with Crippen LogP contribution in [0.25, 0.3) is 0 Å². The molecule has 1 N–H and O–H groups in total. The highest BCUT2D eigenvalue weighted by atomic mass is 35.5. The van der Waals surface area contributed by atoms with Crippen LogP contribution in [0.2, 0.25) is 5.02 Å². The summed E-state index contributed by atoms with van der Waals surface area (Å²) < 4.78 is 61.5. The van der Waals surface area contributed by atoms with E-state index in [2.05, 4.69) is 0 Å². The summed E-state index contributed by atoms with van der Waals surface area (Å²) in [4.78, 5) is 50.2. The predicted octanol–water partition coefficient (Wildman–Crippen LogP) is 3.39. The van der Waals surface area contributed by atoms with E-state index in [4.69, 9.17) is 17.1 Å². The number of aryl methyl sites for hydroxylation is 1. The maximum absolute atomic E-state index is 14.6. The molecule has 1 fully saturated rings. The van der Waals surface area contributed by atoms with E-state index < -0.39 is 66.6 Å². The van der Waals surface area contributed by atoms with Gasteiger partial charge in [0.15, 0.2) is 0 Å². The van der Waals surface area contributed by atoms with Crippen LogP contribution in [0.4, 0.5) is 8.78 Å². The molecule has 2 atom stereocenters. The minimum Gasteiger partial charge on any atom is -0.322 e. The first-order valence-electron chi connectivity index (χ1n) is 11.6. The van der Waals surface area contributed by atoms with Gasteiger partial charge in [-0.1, -0.05) is 35.9 Å². The summed E-state index contributed by atoms with van der Waals surface area (Å²) in [7, 11) is 0. The number of nitrogens with zero attached hydrogens (tertiary/aromatic N) is 1. The first kappa shape index (κ1) is 17.4. The molecular weight excluding hydrogens is 442 g/mol. The highest BCUT2D eigenvalue weighted by Crippen LogP contribution is 2.32. The molecule has 1 saturated heterocycles. The van der Waals surface area contributed by atoms with Crippen molar-refractivity contribution in [3.63, 3.8) is 0 Å². The van der Waals surface area contributed by atoms with Crippen molar-refractivity contribution in [1.82, 2.24) is 10.2 Å². The molecule has 3 amide bonds. The number of piperidine rings is 1. The van der Waals surface area contributed by atoms with Crippen molar-refractivity contribution in [3.8, 4) is 0 Å². The Morgan fingerprint density at radius 2 is 1.97 bits per heavy atom. The Morgan fingerprint density at radius 1 is 1.25 bits per heavy atom. The molecule has 166 valence electrons. The van der Waals surface area contributed by atoms with Gasteiger partial charge in [0.25, 0.3) is 5.91 Å². The lowest BCUT2D eigenvalue weighted by atomic mass is 9.97. The Bertz CT molecular complexity index is 1290. The second-order valence-electron chi connectivity index (χ2n) is 7.30. The molecule has 2 aliphatic rings. The number of ketones is 1. The van der Waals surface area contributed by atoms with Gasteiger partial charge in [-0.3, -0.25) is 24.5 Å². The fourth-order valence-electron chi connectivity index (χ4n) is 3.53. The van der Waals surface area contributed by atoms with E-state index in [1.807, 2.05) is 0 Å². The maximum atomic E-state index is 14.6. The molecule has 2 aromatic rings. The van der Waals surface area contributed by atoms with Gasteiger partial charge in [0.05, 0.1) is 1.37 Å². The van der Waals surface area contributed by atoms with Crippen molar-refractivity contribution < 1.29 is 33.4 Å². The van der Waals surface area contributed by atoms with Gasteiger partial charge in [-0.05, 0) is 42.1 Å². The molecule has 4 rings (SSSR count). The van der Waals surface area contributed by atoms with Gasteiger partial charge >= 0.3 is 5.92 Å². The average Bonchev–Trinajstić information content (AvgIpc) is 3.14. The highest BCUT2D eigenvalue weighted by Gasteiger charge is 2.41. The fraction of sp³-hybridized carbons (Fsp3) is 0.304. The van der Waals surface area contributed by atoms with Crippen molar-refractivity contribution in [2.75, 3.05) is 0 Å². The average molecular weight is 465 g/mol. The zero-order valence-corrected chi connectivity index (χ0v) is 17.2. The number of carbonyl (C=O) groups is 4. The number of nitrogens with one attached hydrogen (secondary N) is 1. The quantitative estimate of drug-likeness (QED) is 0.664. The molecule has 0 saturated carbocycles. The van der Waals surface area contributed by atoms with Crippen LogP contribution >= 0.6 is 11.6 Å². The number of fused-ring (bicyclic) bond motifs is 1. The van der Waals surface area contributed by atoms with Crippen molar-refractivity contribution in [2.45, 2.75) is 44.1 Å². The minimum atomic E-state index is -3.84. The van der Waals surface area contributed by atoms with Gasteiger partial charge in [-0.2, -0.15) is 8.78 Å². The van der Waals surface area contributed by atoms with Crippen molar-refractivity contribution in [2.24, 2.45) is 0 Å². The Balaban J connectivity index is 1.53. The fourth-order valence-corrected chi connectivity index (χ4v) is 3.65. The van der Waals surface area contributed by atoms with Gasteiger partial charge in [-0.25, -0.2) is 0 Å². The first-order chi connectivity index (χ1) is 16.7. The summed E-state index contributed by atoms with van der Waals surface area (Å²) in [6.07, 6.45) is -5.64. The van der Waals surface area contributed by atoms with Crippen molar-refractivity contribution in [3.05, 3.63) is 69.7 Å². The van der Waals surface area contributed by atoms with E-state index in [9.17, 15) is 28.0 Å². The number of carbonyl (C=O) groups excluding carboxylic acids is 4. The van der Waals surface area contributed by atoms with E-state index in [1.54, 1.807) is 5.32 Å². The number of halogens is 3. The van der Waals surface area contributed by atoms with E-state index in [0.29, 0.717) is 0 Å². The molecule has 0 aliphatic carbocycles. The summed E-state index contributed by atoms with van der Waals surface area (Å²) in [5.74, 6) is -8.40. The Morgan fingerprint density at radius 3 is 2.69 bits per heavy atom. The number of hydrogen-bond acceptors (Lipinski definition) is 4. The smallest absolute Gasteiger partial charge is 0.322 e. The third-order valence-corrected chi connectivity index (χ3v) is 5.50. The molecule has 0 aromatic heterocycles. The van der Waals surface area contributed by atoms with Crippen LogP contribution in [0.1, 0.15) is 51.7 Å². The van der Waals surface area contributed by atoms with Gasteiger partial charge in [0, 0.05) is 39.6 Å². The van der Waals surface area contributed by atoms with E-state index >= 15 is 0 Å². The van der Waals surface area contributed by atoms with Crippen molar-refractivity contribution in [1.29, 1.82) is 0 Å². The topological polar surface area (TPSA) is 83.6 Å². The Kier molecular flexibility index (Phi) is 4.59. The molecule has 9 heteroatoms. The maximum Gasteiger partial charge on any atom is 0.330 e. The first-order valence-corrected chi connectivity index (χ1v) is 9.95. The van der Waals surface area contributed by atoms with Gasteiger partial charge in [0.2, 0.25) is 17.6 Å². The lowest BCUT2D eigenvalue weighted by Crippen LogP contribution is -2.52. The molecule has 2 aliphatic heterocycles. The molecule has 2 heterocycles. The van der Waals surface area contributed by atoms with Crippen LogP contribution in [0, 0.1) is 0 Å². The molecular formula is C23H19ClF2N2O4. The molecule has 6 nitrogen and oxygen atoms in total. The molecule has 2 aromatic carbocycles. The monoisotopic (exact) mass is 464 g/mol.